The molecule has 1 aromatic heterocycles. The molecule has 2 rings (SSSR count). The first-order valence-corrected chi connectivity index (χ1v) is 7.40. The molecule has 20 heavy (non-hydrogen) atoms. The third-order valence-corrected chi connectivity index (χ3v) is 4.40. The summed E-state index contributed by atoms with van der Waals surface area (Å²) in [6.45, 7) is 5.82. The van der Waals surface area contributed by atoms with Crippen LogP contribution in [0.3, 0.4) is 0 Å². The number of carbonyl (C=O) groups excluding carboxylic acids is 1. The molecule has 4 nitrogen and oxygen atoms in total. The van der Waals surface area contributed by atoms with Crippen molar-refractivity contribution in [1.29, 1.82) is 0 Å². The average molecular weight is 340 g/mol. The van der Waals surface area contributed by atoms with Crippen LogP contribution < -0.4 is 10.6 Å². The van der Waals surface area contributed by atoms with Gasteiger partial charge in [-0.15, -0.1) is 36.2 Å². The van der Waals surface area contributed by atoms with Crippen molar-refractivity contribution in [2.75, 3.05) is 13.1 Å². The highest BCUT2D eigenvalue weighted by atomic mass is 35.5. The van der Waals surface area contributed by atoms with Crippen LogP contribution in [0.25, 0.3) is 0 Å². The Morgan fingerprint density at radius 1 is 1.45 bits per heavy atom. The molecule has 7 heteroatoms. The predicted octanol–water partition coefficient (Wildman–Crippen LogP) is 2.40. The lowest BCUT2D eigenvalue weighted by molar-refractivity contribution is -0.121. The largest absolute Gasteiger partial charge is 0.356 e. The van der Waals surface area contributed by atoms with E-state index in [2.05, 4.69) is 15.6 Å². The van der Waals surface area contributed by atoms with Crippen molar-refractivity contribution in [3.8, 4) is 0 Å². The molecule has 1 saturated heterocycles. The number of nitrogens with zero attached hydrogens (tertiary/aromatic N) is 1. The molecule has 1 aliphatic heterocycles. The van der Waals surface area contributed by atoms with Crippen molar-refractivity contribution in [3.63, 3.8) is 0 Å². The van der Waals surface area contributed by atoms with Crippen LogP contribution in [0.5, 0.6) is 0 Å². The van der Waals surface area contributed by atoms with E-state index in [1.54, 1.807) is 11.3 Å². The number of rotatable bonds is 5. The molecule has 1 atom stereocenters. The third kappa shape index (κ3) is 5.95. The van der Waals surface area contributed by atoms with Gasteiger partial charge in [-0.2, -0.15) is 0 Å². The first-order chi connectivity index (χ1) is 8.65. The summed E-state index contributed by atoms with van der Waals surface area (Å²) in [5.41, 5.74) is 1.10. The second-order valence-corrected chi connectivity index (χ2v) is 6.13. The second-order valence-electron chi connectivity index (χ2n) is 4.84. The van der Waals surface area contributed by atoms with Gasteiger partial charge in [-0.05, 0) is 33.2 Å². The lowest BCUT2D eigenvalue weighted by Crippen LogP contribution is -2.32. The Morgan fingerprint density at radius 3 is 2.75 bits per heavy atom. The molecule has 0 spiro atoms. The minimum Gasteiger partial charge on any atom is -0.356 e. The number of carbonyl (C=O) groups is 1. The molecule has 0 bridgehead atoms. The fourth-order valence-electron chi connectivity index (χ4n) is 2.35. The maximum atomic E-state index is 11.7. The van der Waals surface area contributed by atoms with Gasteiger partial charge in [0.05, 0.1) is 10.7 Å². The van der Waals surface area contributed by atoms with Crippen LogP contribution in [0.4, 0.5) is 0 Å². The average Bonchev–Trinajstić information content (AvgIpc) is 2.89. The lowest BCUT2D eigenvalue weighted by Gasteiger charge is -2.10. The molecule has 0 saturated carbocycles. The lowest BCUT2D eigenvalue weighted by atomic mass is 10.1. The summed E-state index contributed by atoms with van der Waals surface area (Å²) in [4.78, 5) is 17.4. The summed E-state index contributed by atoms with van der Waals surface area (Å²) in [7, 11) is 0. The van der Waals surface area contributed by atoms with Crippen LogP contribution in [-0.2, 0) is 11.2 Å². The zero-order valence-corrected chi connectivity index (χ0v) is 14.3. The SMILES string of the molecule is Cc1nc(C)c(CCNC(=O)CC2CCCN2)s1.Cl.Cl. The van der Waals surface area contributed by atoms with Crippen molar-refractivity contribution >= 4 is 42.1 Å². The van der Waals surface area contributed by atoms with Crippen LogP contribution in [0, 0.1) is 13.8 Å². The van der Waals surface area contributed by atoms with Crippen LogP contribution in [0.1, 0.15) is 34.8 Å². The van der Waals surface area contributed by atoms with E-state index in [0.717, 1.165) is 30.1 Å². The Morgan fingerprint density at radius 2 is 2.20 bits per heavy atom. The predicted molar refractivity (Wildman–Crippen MR) is 88.4 cm³/mol. The second kappa shape index (κ2) is 9.55. The standard InChI is InChI=1S/C13H21N3OS.2ClH/c1-9-12(18-10(2)16-9)5-7-15-13(17)8-11-4-3-6-14-11;;/h11,14H,3-8H2,1-2H3,(H,15,17);2*1H. The quantitative estimate of drug-likeness (QED) is 0.865. The highest BCUT2D eigenvalue weighted by Crippen LogP contribution is 2.17. The number of thiazole rings is 1. The van der Waals surface area contributed by atoms with Crippen molar-refractivity contribution in [3.05, 3.63) is 15.6 Å². The molecular weight excluding hydrogens is 317 g/mol. The molecular formula is C13H23Cl2N3OS. The van der Waals surface area contributed by atoms with Crippen LogP contribution in [0.2, 0.25) is 0 Å². The summed E-state index contributed by atoms with van der Waals surface area (Å²) in [5, 5.41) is 7.43. The number of halogens is 2. The maximum absolute atomic E-state index is 11.7. The van der Waals surface area contributed by atoms with Crippen molar-refractivity contribution < 1.29 is 4.79 Å². The summed E-state index contributed by atoms with van der Waals surface area (Å²) in [6, 6.07) is 0.386. The van der Waals surface area contributed by atoms with E-state index in [1.807, 2.05) is 13.8 Å². The van der Waals surface area contributed by atoms with E-state index in [9.17, 15) is 4.79 Å². The van der Waals surface area contributed by atoms with Crippen LogP contribution >= 0.6 is 36.2 Å². The monoisotopic (exact) mass is 339 g/mol. The Labute approximate surface area is 137 Å². The van der Waals surface area contributed by atoms with E-state index in [0.29, 0.717) is 19.0 Å². The van der Waals surface area contributed by atoms with Gasteiger partial charge < -0.3 is 10.6 Å². The van der Waals surface area contributed by atoms with E-state index < -0.39 is 0 Å². The zero-order valence-electron chi connectivity index (χ0n) is 11.9. The topological polar surface area (TPSA) is 54.0 Å². The molecule has 0 aromatic carbocycles. The Bertz CT molecular complexity index is 420. The molecule has 0 aliphatic carbocycles. The molecule has 116 valence electrons. The van der Waals surface area contributed by atoms with Gasteiger partial charge in [0.1, 0.15) is 0 Å². The van der Waals surface area contributed by atoms with Gasteiger partial charge in [0.15, 0.2) is 0 Å². The number of nitrogens with one attached hydrogen (secondary N) is 2. The van der Waals surface area contributed by atoms with Crippen LogP contribution in [0.15, 0.2) is 0 Å². The van der Waals surface area contributed by atoms with Gasteiger partial charge in [0.2, 0.25) is 5.91 Å². The van der Waals surface area contributed by atoms with Crippen molar-refractivity contribution in [1.82, 2.24) is 15.6 Å². The Kier molecular flexibility index (Phi) is 9.38. The van der Waals surface area contributed by atoms with E-state index in [-0.39, 0.29) is 30.7 Å². The summed E-state index contributed by atoms with van der Waals surface area (Å²) in [6.07, 6.45) is 3.82. The van der Waals surface area contributed by atoms with Gasteiger partial charge in [0.25, 0.3) is 0 Å². The number of amides is 1. The van der Waals surface area contributed by atoms with Gasteiger partial charge in [-0.1, -0.05) is 0 Å². The van der Waals surface area contributed by atoms with E-state index >= 15 is 0 Å². The first-order valence-electron chi connectivity index (χ1n) is 6.58. The fraction of sp³-hybridized carbons (Fsp3) is 0.692. The first kappa shape index (κ1) is 19.6. The zero-order chi connectivity index (χ0) is 13.0. The van der Waals surface area contributed by atoms with Gasteiger partial charge in [-0.3, -0.25) is 4.79 Å². The van der Waals surface area contributed by atoms with Crippen molar-refractivity contribution in [2.45, 2.75) is 45.6 Å². The highest BCUT2D eigenvalue weighted by molar-refractivity contribution is 7.11. The van der Waals surface area contributed by atoms with Crippen molar-refractivity contribution in [2.24, 2.45) is 0 Å². The van der Waals surface area contributed by atoms with E-state index in [4.69, 9.17) is 0 Å². The minimum absolute atomic E-state index is 0. The summed E-state index contributed by atoms with van der Waals surface area (Å²) < 4.78 is 0. The van der Waals surface area contributed by atoms with E-state index in [1.165, 1.54) is 11.3 Å². The normalized spacial score (nSPS) is 17.2. The smallest absolute Gasteiger partial charge is 0.221 e. The molecule has 2 N–H and O–H groups in total. The number of aromatic nitrogens is 1. The maximum Gasteiger partial charge on any atom is 0.221 e. The summed E-state index contributed by atoms with van der Waals surface area (Å²) in [5.74, 6) is 0.160. The minimum atomic E-state index is 0. The number of hydrogen-bond acceptors (Lipinski definition) is 4. The van der Waals surface area contributed by atoms with Gasteiger partial charge in [0, 0.05) is 30.3 Å². The molecule has 1 amide bonds. The Balaban J connectivity index is 0.00000180. The molecule has 2 heterocycles. The van der Waals surface area contributed by atoms with Gasteiger partial charge >= 0.3 is 0 Å². The number of hydrogen-bond donors (Lipinski definition) is 2. The fourth-order valence-corrected chi connectivity index (χ4v) is 3.28. The molecule has 1 fully saturated rings. The molecule has 1 aliphatic rings. The molecule has 1 aromatic rings. The van der Waals surface area contributed by atoms with Crippen LogP contribution in [-0.4, -0.2) is 30.0 Å². The van der Waals surface area contributed by atoms with Gasteiger partial charge in [-0.25, -0.2) is 4.98 Å². The molecule has 0 radical (unpaired) electrons. The highest BCUT2D eigenvalue weighted by Gasteiger charge is 2.17. The Hall–Kier alpha value is -0.360. The third-order valence-electron chi connectivity index (χ3n) is 3.27. The molecule has 1 unspecified atom stereocenters. The summed E-state index contributed by atoms with van der Waals surface area (Å²) >= 11 is 1.72. The number of aryl methyl sites for hydroxylation is 2.